The van der Waals surface area contributed by atoms with E-state index < -0.39 is 45.5 Å². The van der Waals surface area contributed by atoms with E-state index in [1.54, 1.807) is 0 Å². The molecular formula is C24H24N6O10S2. The van der Waals surface area contributed by atoms with E-state index in [1.165, 1.54) is 48.5 Å². The SMILES string of the molecule is O=C(CSCCSCC(=O)NC(=O)NC(=O)Cc1ccc([N+](=O)[O-])cc1)NC(=O)NC(=O)Cc1ccc([N+](=O)[O-])cc1. The van der Waals surface area contributed by atoms with Crippen LogP contribution < -0.4 is 21.3 Å². The van der Waals surface area contributed by atoms with Gasteiger partial charge in [-0.05, 0) is 11.1 Å². The third-order valence-electron chi connectivity index (χ3n) is 4.87. The molecule has 2 aromatic carbocycles. The highest BCUT2D eigenvalue weighted by Crippen LogP contribution is 2.13. The van der Waals surface area contributed by atoms with Gasteiger partial charge in [0.05, 0.1) is 34.2 Å². The molecule has 0 aliphatic carbocycles. The van der Waals surface area contributed by atoms with Crippen LogP contribution in [-0.2, 0) is 32.0 Å². The number of benzene rings is 2. The van der Waals surface area contributed by atoms with Gasteiger partial charge in [0.2, 0.25) is 23.6 Å². The number of nitro groups is 2. The molecule has 222 valence electrons. The first-order valence-corrected chi connectivity index (χ1v) is 14.1. The normalized spacial score (nSPS) is 10.2. The van der Waals surface area contributed by atoms with Crippen molar-refractivity contribution in [3.05, 3.63) is 79.9 Å². The summed E-state index contributed by atoms with van der Waals surface area (Å²) in [5.74, 6) is -2.08. The Morgan fingerprint density at radius 1 is 0.548 bits per heavy atom. The fourth-order valence-corrected chi connectivity index (χ4v) is 4.77. The molecule has 0 aliphatic heterocycles. The molecule has 0 spiro atoms. The van der Waals surface area contributed by atoms with E-state index >= 15 is 0 Å². The monoisotopic (exact) mass is 620 g/mol. The smallest absolute Gasteiger partial charge is 0.277 e. The second-order valence-corrected chi connectivity index (χ2v) is 10.4. The Kier molecular flexibility index (Phi) is 13.6. The summed E-state index contributed by atoms with van der Waals surface area (Å²) in [4.78, 5) is 91.3. The molecule has 0 saturated carbocycles. The number of carbonyl (C=O) groups excluding carboxylic acids is 6. The number of hydrogen-bond acceptors (Lipinski definition) is 12. The number of nitro benzene ring substituents is 2. The maximum Gasteiger partial charge on any atom is 0.328 e. The molecule has 0 unspecified atom stereocenters. The Hall–Kier alpha value is -4.84. The highest BCUT2D eigenvalue weighted by molar-refractivity contribution is 8.03. The Morgan fingerprint density at radius 2 is 0.857 bits per heavy atom. The van der Waals surface area contributed by atoms with Crippen molar-refractivity contribution in [3.63, 3.8) is 0 Å². The Bertz CT molecular complexity index is 1250. The van der Waals surface area contributed by atoms with Gasteiger partial charge >= 0.3 is 12.1 Å². The average molecular weight is 621 g/mol. The number of imide groups is 4. The Balaban J connectivity index is 1.54. The highest BCUT2D eigenvalue weighted by Gasteiger charge is 2.15. The standard InChI is InChI=1S/C24H24N6O10S2/c31-19(11-15-1-5-17(6-2-15)29(37)38)25-23(35)27-21(33)13-41-9-10-42-14-22(34)28-24(36)26-20(32)12-16-3-7-18(8-4-16)30(39)40/h1-8H,9-14H2,(H2,25,27,31,33,35)(H2,26,28,32,34,36). The minimum absolute atomic E-state index is 0.101. The molecule has 18 heteroatoms. The maximum atomic E-state index is 11.9. The second kappa shape index (κ2) is 17.1. The summed E-state index contributed by atoms with van der Waals surface area (Å²) >= 11 is 2.32. The number of urea groups is 2. The number of hydrogen-bond donors (Lipinski definition) is 4. The first-order chi connectivity index (χ1) is 19.9. The minimum Gasteiger partial charge on any atom is -0.277 e. The number of carbonyl (C=O) groups is 6. The Morgan fingerprint density at radius 3 is 1.17 bits per heavy atom. The van der Waals surface area contributed by atoms with Gasteiger partial charge in [0.1, 0.15) is 0 Å². The zero-order chi connectivity index (χ0) is 31.1. The van der Waals surface area contributed by atoms with E-state index in [0.29, 0.717) is 22.6 Å². The molecule has 0 atom stereocenters. The summed E-state index contributed by atoms with van der Waals surface area (Å²) in [6.45, 7) is 0. The van der Waals surface area contributed by atoms with Crippen molar-refractivity contribution in [1.29, 1.82) is 0 Å². The van der Waals surface area contributed by atoms with Crippen molar-refractivity contribution in [2.45, 2.75) is 12.8 Å². The molecule has 2 rings (SSSR count). The fraction of sp³-hybridized carbons (Fsp3) is 0.250. The van der Waals surface area contributed by atoms with Crippen molar-refractivity contribution < 1.29 is 38.6 Å². The molecule has 0 aliphatic rings. The molecular weight excluding hydrogens is 596 g/mol. The zero-order valence-corrected chi connectivity index (χ0v) is 23.3. The lowest BCUT2D eigenvalue weighted by atomic mass is 10.1. The van der Waals surface area contributed by atoms with E-state index in [9.17, 15) is 49.0 Å². The van der Waals surface area contributed by atoms with Crippen molar-refractivity contribution >= 4 is 70.6 Å². The van der Waals surface area contributed by atoms with Gasteiger partial charge in [-0.15, -0.1) is 0 Å². The number of amides is 8. The number of thioether (sulfide) groups is 2. The summed E-state index contributed by atoms with van der Waals surface area (Å²) in [5.41, 5.74) is 0.593. The largest absolute Gasteiger partial charge is 0.328 e. The molecule has 0 fully saturated rings. The topological polar surface area (TPSA) is 237 Å². The van der Waals surface area contributed by atoms with Gasteiger partial charge < -0.3 is 0 Å². The molecule has 0 aromatic heterocycles. The number of non-ortho nitro benzene ring substituents is 2. The highest BCUT2D eigenvalue weighted by atomic mass is 32.2. The van der Waals surface area contributed by atoms with Crippen LogP contribution in [0.3, 0.4) is 0 Å². The summed E-state index contributed by atoms with van der Waals surface area (Å²) in [6.07, 6.45) is -0.446. The van der Waals surface area contributed by atoms with E-state index in [1.807, 2.05) is 21.3 Å². The van der Waals surface area contributed by atoms with Crippen LogP contribution in [0.15, 0.2) is 48.5 Å². The maximum absolute atomic E-state index is 11.9. The predicted octanol–water partition coefficient (Wildman–Crippen LogP) is 1.46. The van der Waals surface area contributed by atoms with E-state index in [2.05, 4.69) is 0 Å². The summed E-state index contributed by atoms with van der Waals surface area (Å²) in [5, 5.41) is 29.3. The first kappa shape index (κ1) is 33.4. The van der Waals surface area contributed by atoms with E-state index in [4.69, 9.17) is 0 Å². The van der Waals surface area contributed by atoms with Gasteiger partial charge in [-0.1, -0.05) is 24.3 Å². The van der Waals surface area contributed by atoms with Crippen LogP contribution in [0.2, 0.25) is 0 Å². The van der Waals surface area contributed by atoms with Crippen LogP contribution in [0.25, 0.3) is 0 Å². The number of nitrogens with one attached hydrogen (secondary N) is 4. The second-order valence-electron chi connectivity index (χ2n) is 8.16. The van der Waals surface area contributed by atoms with Crippen LogP contribution in [0.4, 0.5) is 21.0 Å². The molecule has 42 heavy (non-hydrogen) atoms. The van der Waals surface area contributed by atoms with Gasteiger partial charge in [0.15, 0.2) is 0 Å². The quantitative estimate of drug-likeness (QED) is 0.141. The number of nitrogens with zero attached hydrogens (tertiary/aromatic N) is 2. The van der Waals surface area contributed by atoms with Gasteiger partial charge in [-0.3, -0.25) is 60.7 Å². The van der Waals surface area contributed by atoms with Crippen molar-refractivity contribution in [3.8, 4) is 0 Å². The predicted molar refractivity (Wildman–Crippen MR) is 152 cm³/mol. The lowest BCUT2D eigenvalue weighted by Crippen LogP contribution is -2.43. The lowest BCUT2D eigenvalue weighted by molar-refractivity contribution is -0.385. The average Bonchev–Trinajstić information content (AvgIpc) is 2.90. The first-order valence-electron chi connectivity index (χ1n) is 11.8. The van der Waals surface area contributed by atoms with Gasteiger partial charge in [0, 0.05) is 35.8 Å². The Labute approximate surface area is 246 Å². The molecule has 2 aromatic rings. The molecule has 4 N–H and O–H groups in total. The van der Waals surface area contributed by atoms with Gasteiger partial charge in [0.25, 0.3) is 11.4 Å². The molecule has 0 radical (unpaired) electrons. The van der Waals surface area contributed by atoms with Crippen LogP contribution in [0, 0.1) is 20.2 Å². The van der Waals surface area contributed by atoms with E-state index in [0.717, 1.165) is 23.5 Å². The minimum atomic E-state index is -1.01. The van der Waals surface area contributed by atoms with Crippen LogP contribution >= 0.6 is 23.5 Å². The van der Waals surface area contributed by atoms with Crippen LogP contribution in [0.1, 0.15) is 11.1 Å². The summed E-state index contributed by atoms with van der Waals surface area (Å²) < 4.78 is 0. The van der Waals surface area contributed by atoms with Crippen molar-refractivity contribution in [2.24, 2.45) is 0 Å². The van der Waals surface area contributed by atoms with Gasteiger partial charge in [-0.2, -0.15) is 23.5 Å². The molecule has 0 bridgehead atoms. The van der Waals surface area contributed by atoms with E-state index in [-0.39, 0.29) is 35.7 Å². The van der Waals surface area contributed by atoms with Crippen molar-refractivity contribution in [1.82, 2.24) is 21.3 Å². The zero-order valence-electron chi connectivity index (χ0n) is 21.7. The lowest BCUT2D eigenvalue weighted by Gasteiger charge is -2.07. The fourth-order valence-electron chi connectivity index (χ4n) is 3.02. The summed E-state index contributed by atoms with van der Waals surface area (Å²) in [6, 6.07) is 8.38. The van der Waals surface area contributed by atoms with Crippen molar-refractivity contribution in [2.75, 3.05) is 23.0 Å². The third kappa shape index (κ3) is 13.0. The molecule has 16 nitrogen and oxygen atoms in total. The number of rotatable bonds is 13. The molecule has 0 saturated heterocycles. The third-order valence-corrected chi connectivity index (χ3v) is 7.05. The van der Waals surface area contributed by atoms with Crippen LogP contribution in [-0.4, -0.2) is 68.5 Å². The van der Waals surface area contributed by atoms with Crippen LogP contribution in [0.5, 0.6) is 0 Å². The molecule has 0 heterocycles. The summed E-state index contributed by atoms with van der Waals surface area (Å²) in [7, 11) is 0. The molecule has 8 amide bonds. The van der Waals surface area contributed by atoms with Gasteiger partial charge in [-0.25, -0.2) is 9.59 Å².